The predicted molar refractivity (Wildman–Crippen MR) is 76.3 cm³/mol. The molecule has 0 aliphatic heterocycles. The van der Waals surface area contributed by atoms with Crippen molar-refractivity contribution in [1.82, 2.24) is 0 Å². The lowest BCUT2D eigenvalue weighted by Crippen LogP contribution is -2.47. The monoisotopic (exact) mass is 311 g/mol. The van der Waals surface area contributed by atoms with E-state index in [1.165, 1.54) is 6.08 Å². The molecule has 2 rings (SSSR count). The van der Waals surface area contributed by atoms with Crippen molar-refractivity contribution in [2.24, 2.45) is 5.73 Å². The quantitative estimate of drug-likeness (QED) is 0.328. The van der Waals surface area contributed by atoms with E-state index in [1.807, 2.05) is 0 Å². The predicted octanol–water partition coefficient (Wildman–Crippen LogP) is 1.09. The molecule has 8 nitrogen and oxygen atoms in total. The van der Waals surface area contributed by atoms with Gasteiger partial charge in [0.2, 0.25) is 0 Å². The molecule has 0 heterocycles. The Hall–Kier alpha value is -2.23. The maximum atomic E-state index is 11.4. The van der Waals surface area contributed by atoms with Crippen molar-refractivity contribution < 1.29 is 17.9 Å². The molecular weight excluding hydrogens is 298 g/mol. The zero-order chi connectivity index (χ0) is 15.7. The largest absolute Gasteiger partial charge is 0.355 e. The topological polar surface area (TPSA) is 136 Å². The van der Waals surface area contributed by atoms with Gasteiger partial charge in [0.15, 0.2) is 0 Å². The van der Waals surface area contributed by atoms with Crippen LogP contribution in [0.25, 0.3) is 0 Å². The van der Waals surface area contributed by atoms with Crippen LogP contribution >= 0.6 is 0 Å². The van der Waals surface area contributed by atoms with E-state index < -0.39 is 25.6 Å². The van der Waals surface area contributed by atoms with Gasteiger partial charge in [-0.1, -0.05) is 24.3 Å². The second kappa shape index (κ2) is 5.28. The van der Waals surface area contributed by atoms with Crippen molar-refractivity contribution in [3.8, 4) is 0 Å². The molecule has 1 aliphatic carbocycles. The highest BCUT2D eigenvalue weighted by molar-refractivity contribution is 7.90. The first-order valence-corrected chi connectivity index (χ1v) is 7.33. The zero-order valence-electron chi connectivity index (χ0n) is 10.8. The summed E-state index contributed by atoms with van der Waals surface area (Å²) < 4.78 is 32.1. The average molecular weight is 311 g/mol. The number of benzene rings is 1. The lowest BCUT2D eigenvalue weighted by Gasteiger charge is -2.23. The van der Waals surface area contributed by atoms with Crippen LogP contribution < -0.4 is 11.1 Å². The Morgan fingerprint density at radius 3 is 2.48 bits per heavy atom. The molecule has 1 aliphatic rings. The normalized spacial score (nSPS) is 22.2. The van der Waals surface area contributed by atoms with Gasteiger partial charge >= 0.3 is 0 Å². The van der Waals surface area contributed by atoms with Gasteiger partial charge in [-0.2, -0.15) is 8.42 Å². The minimum absolute atomic E-state index is 0.0478. The molecule has 21 heavy (non-hydrogen) atoms. The summed E-state index contributed by atoms with van der Waals surface area (Å²) in [4.78, 5) is 9.51. The molecule has 9 heteroatoms. The van der Waals surface area contributed by atoms with Crippen LogP contribution in [0.5, 0.6) is 0 Å². The number of hydrogen-bond acceptors (Lipinski definition) is 6. The third-order valence-corrected chi connectivity index (χ3v) is 3.84. The molecule has 0 bridgehead atoms. The van der Waals surface area contributed by atoms with Gasteiger partial charge in [0.25, 0.3) is 15.8 Å². The molecule has 1 unspecified atom stereocenters. The van der Waals surface area contributed by atoms with Crippen LogP contribution in [-0.2, 0) is 10.1 Å². The van der Waals surface area contributed by atoms with E-state index in [1.54, 1.807) is 30.3 Å². The van der Waals surface area contributed by atoms with Gasteiger partial charge in [-0.3, -0.25) is 20.4 Å². The molecule has 0 amide bonds. The summed E-state index contributed by atoms with van der Waals surface area (Å²) in [5.74, 6) is 0. The fraction of sp³-hybridized carbons (Fsp3) is 0.167. The molecule has 0 saturated carbocycles. The highest BCUT2D eigenvalue weighted by atomic mass is 32.2. The molecule has 0 radical (unpaired) electrons. The Labute approximate surface area is 120 Å². The molecule has 1 aromatic carbocycles. The zero-order valence-corrected chi connectivity index (χ0v) is 11.6. The van der Waals surface area contributed by atoms with Crippen LogP contribution in [0.3, 0.4) is 0 Å². The van der Waals surface area contributed by atoms with Crippen LogP contribution in [0, 0.1) is 10.1 Å². The summed E-state index contributed by atoms with van der Waals surface area (Å²) in [6.07, 6.45) is 1.82. The number of nitro groups is 1. The van der Waals surface area contributed by atoms with Gasteiger partial charge in [0.1, 0.15) is 4.91 Å². The molecule has 0 fully saturated rings. The van der Waals surface area contributed by atoms with E-state index in [2.05, 4.69) is 5.32 Å². The summed E-state index contributed by atoms with van der Waals surface area (Å²) in [6.45, 7) is 0. The van der Waals surface area contributed by atoms with Crippen LogP contribution in [0.2, 0.25) is 0 Å². The molecule has 0 aromatic heterocycles. The standard InChI is InChI=1S/C12H13N3O5S/c13-12(15(16)17)7-6-10(11(8-12)21(18,19)20)14-9-4-2-1-3-5-9/h1-6,8,14H,7,13H2,(H,18,19,20). The molecule has 1 atom stereocenters. The van der Waals surface area contributed by atoms with E-state index in [4.69, 9.17) is 5.73 Å². The summed E-state index contributed by atoms with van der Waals surface area (Å²) in [6, 6.07) is 8.59. The molecule has 0 spiro atoms. The highest BCUT2D eigenvalue weighted by Gasteiger charge is 2.41. The molecule has 1 aromatic rings. The third-order valence-electron chi connectivity index (χ3n) is 2.95. The molecular formula is C12H13N3O5S. The van der Waals surface area contributed by atoms with E-state index in [-0.39, 0.29) is 12.1 Å². The SMILES string of the molecule is NC1([N+](=O)[O-])C=C(S(=O)(=O)O)C(Nc2ccccc2)=CC1. The van der Waals surface area contributed by atoms with Crippen molar-refractivity contribution in [3.05, 3.63) is 63.2 Å². The number of nitrogens with one attached hydrogen (secondary N) is 1. The fourth-order valence-electron chi connectivity index (χ4n) is 1.86. The Balaban J connectivity index is 2.41. The maximum absolute atomic E-state index is 11.4. The molecule has 4 N–H and O–H groups in total. The lowest BCUT2D eigenvalue weighted by molar-refractivity contribution is -0.553. The minimum Gasteiger partial charge on any atom is -0.355 e. The summed E-state index contributed by atoms with van der Waals surface area (Å²) in [5.41, 5.74) is 4.08. The first-order valence-electron chi connectivity index (χ1n) is 5.89. The minimum atomic E-state index is -4.65. The number of nitrogens with two attached hydrogens (primary N) is 1. The molecule has 0 saturated heterocycles. The van der Waals surface area contributed by atoms with E-state index >= 15 is 0 Å². The molecule has 112 valence electrons. The van der Waals surface area contributed by atoms with Crippen molar-refractivity contribution in [2.75, 3.05) is 5.32 Å². The Kier molecular flexibility index (Phi) is 3.81. The third kappa shape index (κ3) is 3.27. The lowest BCUT2D eigenvalue weighted by atomic mass is 10.0. The number of hydrogen-bond donors (Lipinski definition) is 3. The van der Waals surface area contributed by atoms with Crippen LogP contribution in [0.4, 0.5) is 5.69 Å². The van der Waals surface area contributed by atoms with Crippen molar-refractivity contribution >= 4 is 15.8 Å². The maximum Gasteiger partial charge on any atom is 0.296 e. The smallest absolute Gasteiger partial charge is 0.296 e. The second-order valence-corrected chi connectivity index (χ2v) is 5.93. The number of anilines is 1. The van der Waals surface area contributed by atoms with E-state index in [9.17, 15) is 23.1 Å². The van der Waals surface area contributed by atoms with E-state index in [0.29, 0.717) is 5.69 Å². The Bertz CT molecular complexity index is 727. The fourth-order valence-corrected chi connectivity index (χ4v) is 2.63. The van der Waals surface area contributed by atoms with Crippen LogP contribution in [-0.4, -0.2) is 23.6 Å². The van der Waals surface area contributed by atoms with Crippen molar-refractivity contribution in [2.45, 2.75) is 12.1 Å². The first kappa shape index (κ1) is 15.2. The first-order chi connectivity index (χ1) is 9.72. The van der Waals surface area contributed by atoms with Crippen molar-refractivity contribution in [1.29, 1.82) is 0 Å². The Morgan fingerprint density at radius 2 is 1.95 bits per heavy atom. The Morgan fingerprint density at radius 1 is 1.33 bits per heavy atom. The number of para-hydroxylation sites is 1. The van der Waals surface area contributed by atoms with Gasteiger partial charge in [-0.05, 0) is 12.1 Å². The number of nitrogens with zero attached hydrogens (tertiary/aromatic N) is 1. The van der Waals surface area contributed by atoms with Gasteiger partial charge in [0.05, 0.1) is 12.1 Å². The summed E-state index contributed by atoms with van der Waals surface area (Å²) >= 11 is 0. The second-order valence-electron chi connectivity index (χ2n) is 4.54. The van der Waals surface area contributed by atoms with Crippen molar-refractivity contribution in [3.63, 3.8) is 0 Å². The summed E-state index contributed by atoms with van der Waals surface area (Å²) in [5, 5.41) is 13.7. The van der Waals surface area contributed by atoms with Gasteiger partial charge < -0.3 is 5.32 Å². The van der Waals surface area contributed by atoms with Gasteiger partial charge in [-0.25, -0.2) is 0 Å². The summed E-state index contributed by atoms with van der Waals surface area (Å²) in [7, 11) is -4.65. The van der Waals surface area contributed by atoms with E-state index in [0.717, 1.165) is 6.08 Å². The number of rotatable bonds is 4. The van der Waals surface area contributed by atoms with Gasteiger partial charge in [0, 0.05) is 16.7 Å². The van der Waals surface area contributed by atoms with Crippen LogP contribution in [0.15, 0.2) is 53.1 Å². The van der Waals surface area contributed by atoms with Gasteiger partial charge in [-0.15, -0.1) is 0 Å². The highest BCUT2D eigenvalue weighted by Crippen LogP contribution is 2.29. The average Bonchev–Trinajstić information content (AvgIpc) is 2.41. The van der Waals surface area contributed by atoms with Crippen LogP contribution in [0.1, 0.15) is 6.42 Å².